The average molecular weight is 505 g/mol. The first-order chi connectivity index (χ1) is 16.8. The van der Waals surface area contributed by atoms with E-state index in [-0.39, 0.29) is 0 Å². The minimum absolute atomic E-state index is 0.316. The van der Waals surface area contributed by atoms with Crippen molar-refractivity contribution in [3.63, 3.8) is 0 Å². The monoisotopic (exact) mass is 504 g/mol. The van der Waals surface area contributed by atoms with Crippen LogP contribution in [0.2, 0.25) is 0 Å². The predicted octanol–water partition coefficient (Wildman–Crippen LogP) is 5.74. The summed E-state index contributed by atoms with van der Waals surface area (Å²) >= 11 is 1.69. The largest absolute Gasteiger partial charge is 0.416 e. The molecule has 1 atom stereocenters. The zero-order chi connectivity index (χ0) is 24.8. The second kappa shape index (κ2) is 11.5. The minimum atomic E-state index is -4.28. The van der Waals surface area contributed by atoms with E-state index in [1.165, 1.54) is 12.1 Å². The fraction of sp³-hybridized carbons (Fsp3) is 0.520. The summed E-state index contributed by atoms with van der Waals surface area (Å²) in [6.45, 7) is 4.94. The van der Waals surface area contributed by atoms with Crippen LogP contribution in [-0.4, -0.2) is 55.0 Å². The van der Waals surface area contributed by atoms with E-state index in [0.717, 1.165) is 73.9 Å². The van der Waals surface area contributed by atoms with Crippen LogP contribution in [0.5, 0.6) is 0 Å². The summed E-state index contributed by atoms with van der Waals surface area (Å²) in [7, 11) is 1.94. The molecule has 1 saturated heterocycles. The van der Waals surface area contributed by atoms with Crippen molar-refractivity contribution in [2.45, 2.75) is 56.3 Å². The van der Waals surface area contributed by atoms with Crippen LogP contribution >= 0.6 is 11.8 Å². The molecule has 1 aromatic carbocycles. The Labute approximate surface area is 208 Å². The molecule has 3 aromatic rings. The van der Waals surface area contributed by atoms with Crippen LogP contribution in [0.25, 0.3) is 11.5 Å². The fourth-order valence-electron chi connectivity index (χ4n) is 4.45. The van der Waals surface area contributed by atoms with Gasteiger partial charge in [0, 0.05) is 19.0 Å². The maximum absolute atomic E-state index is 12.9. The van der Waals surface area contributed by atoms with Gasteiger partial charge in [-0.1, -0.05) is 30.3 Å². The summed E-state index contributed by atoms with van der Waals surface area (Å²) in [6, 6.07) is 5.75. The summed E-state index contributed by atoms with van der Waals surface area (Å²) in [5.41, 5.74) is 2.01. The Bertz CT molecular complexity index is 1080. The number of hydrogen-bond donors (Lipinski definition) is 0. The van der Waals surface area contributed by atoms with Crippen molar-refractivity contribution >= 4 is 11.8 Å². The van der Waals surface area contributed by atoms with Gasteiger partial charge in [-0.15, -0.1) is 10.2 Å². The standard InChI is InChI=1S/C25H31F3N6S/c1-18-16-30-22(17-29-18)23-31-32-24(33(23)2)35-15-5-13-34-12-4-3-6-19(11-14-34)20-7-9-21(10-8-20)25(26,27)28/h7-10,16-17,19H,3-6,11-15H2,1-2H3. The molecular weight excluding hydrogens is 473 g/mol. The predicted molar refractivity (Wildman–Crippen MR) is 131 cm³/mol. The molecule has 10 heteroatoms. The molecule has 3 heterocycles. The van der Waals surface area contributed by atoms with Crippen molar-refractivity contribution in [2.24, 2.45) is 7.05 Å². The summed E-state index contributed by atoms with van der Waals surface area (Å²) in [6.07, 6.45) is 4.42. The smallest absolute Gasteiger partial charge is 0.304 e. The lowest BCUT2D eigenvalue weighted by Gasteiger charge is -2.28. The number of thioether (sulfide) groups is 1. The Hall–Kier alpha value is -2.46. The van der Waals surface area contributed by atoms with Gasteiger partial charge in [0.2, 0.25) is 0 Å². The third-order valence-corrected chi connectivity index (χ3v) is 7.58. The van der Waals surface area contributed by atoms with Gasteiger partial charge in [-0.3, -0.25) is 4.98 Å². The molecule has 0 spiro atoms. The number of alkyl halides is 3. The van der Waals surface area contributed by atoms with E-state index < -0.39 is 11.7 Å². The van der Waals surface area contributed by atoms with Gasteiger partial charge in [0.25, 0.3) is 0 Å². The van der Waals surface area contributed by atoms with E-state index in [0.29, 0.717) is 17.4 Å². The molecule has 0 N–H and O–H groups in total. The highest BCUT2D eigenvalue weighted by atomic mass is 32.2. The van der Waals surface area contributed by atoms with Gasteiger partial charge in [-0.25, -0.2) is 4.98 Å². The van der Waals surface area contributed by atoms with Crippen LogP contribution in [-0.2, 0) is 13.2 Å². The van der Waals surface area contributed by atoms with Gasteiger partial charge in [0.1, 0.15) is 5.69 Å². The second-order valence-electron chi connectivity index (χ2n) is 9.05. The number of nitrogens with zero attached hydrogens (tertiary/aromatic N) is 6. The molecule has 188 valence electrons. The molecule has 1 unspecified atom stereocenters. The number of benzene rings is 1. The zero-order valence-electron chi connectivity index (χ0n) is 20.1. The van der Waals surface area contributed by atoms with Gasteiger partial charge in [0.05, 0.1) is 17.5 Å². The van der Waals surface area contributed by atoms with E-state index in [4.69, 9.17) is 0 Å². The first kappa shape index (κ1) is 25.6. The van der Waals surface area contributed by atoms with E-state index in [2.05, 4.69) is 25.1 Å². The molecule has 0 radical (unpaired) electrons. The Morgan fingerprint density at radius 1 is 1.00 bits per heavy atom. The molecule has 2 aromatic heterocycles. The summed E-state index contributed by atoms with van der Waals surface area (Å²) in [4.78, 5) is 11.2. The Morgan fingerprint density at radius 2 is 1.80 bits per heavy atom. The van der Waals surface area contributed by atoms with Gasteiger partial charge in [0.15, 0.2) is 11.0 Å². The van der Waals surface area contributed by atoms with Crippen molar-refractivity contribution in [2.75, 3.05) is 25.4 Å². The van der Waals surface area contributed by atoms with Gasteiger partial charge < -0.3 is 9.47 Å². The molecule has 4 rings (SSSR count). The van der Waals surface area contributed by atoms with E-state index >= 15 is 0 Å². The maximum Gasteiger partial charge on any atom is 0.416 e. The second-order valence-corrected chi connectivity index (χ2v) is 10.1. The van der Waals surface area contributed by atoms with E-state index in [1.807, 2.05) is 18.5 Å². The van der Waals surface area contributed by atoms with Gasteiger partial charge in [-0.05, 0) is 75.9 Å². The molecule has 0 amide bonds. The quantitative estimate of drug-likeness (QED) is 0.302. The lowest BCUT2D eigenvalue weighted by Crippen LogP contribution is -2.30. The number of likely N-dealkylation sites (tertiary alicyclic amines) is 1. The Morgan fingerprint density at radius 3 is 2.51 bits per heavy atom. The van der Waals surface area contributed by atoms with Crippen molar-refractivity contribution in [1.82, 2.24) is 29.6 Å². The number of halogens is 3. The highest BCUT2D eigenvalue weighted by Crippen LogP contribution is 2.33. The third-order valence-electron chi connectivity index (χ3n) is 6.47. The number of hydrogen-bond acceptors (Lipinski definition) is 6. The molecule has 35 heavy (non-hydrogen) atoms. The van der Waals surface area contributed by atoms with Crippen molar-refractivity contribution in [3.8, 4) is 11.5 Å². The Kier molecular flexibility index (Phi) is 8.43. The molecule has 1 aliphatic rings. The van der Waals surface area contributed by atoms with Crippen molar-refractivity contribution < 1.29 is 13.2 Å². The maximum atomic E-state index is 12.9. The van der Waals surface area contributed by atoms with Crippen molar-refractivity contribution in [3.05, 3.63) is 53.5 Å². The zero-order valence-corrected chi connectivity index (χ0v) is 20.9. The molecule has 6 nitrogen and oxygen atoms in total. The van der Waals surface area contributed by atoms with E-state index in [9.17, 15) is 13.2 Å². The summed E-state index contributed by atoms with van der Waals surface area (Å²) in [5, 5.41) is 9.45. The van der Waals surface area contributed by atoms with Crippen LogP contribution in [0.4, 0.5) is 13.2 Å². The van der Waals surface area contributed by atoms with E-state index in [1.54, 1.807) is 36.3 Å². The molecule has 1 aliphatic heterocycles. The van der Waals surface area contributed by atoms with Gasteiger partial charge in [-0.2, -0.15) is 13.2 Å². The van der Waals surface area contributed by atoms with Crippen LogP contribution in [0.15, 0.2) is 41.8 Å². The lowest BCUT2D eigenvalue weighted by atomic mass is 9.88. The SMILES string of the molecule is Cc1cnc(-c2nnc(SCCCN3CCCCC(c4ccc(C(F)(F)F)cc4)CC3)n2C)cn1. The van der Waals surface area contributed by atoms with Crippen LogP contribution < -0.4 is 0 Å². The first-order valence-electron chi connectivity index (χ1n) is 12.0. The van der Waals surface area contributed by atoms with Crippen molar-refractivity contribution in [1.29, 1.82) is 0 Å². The topological polar surface area (TPSA) is 59.7 Å². The van der Waals surface area contributed by atoms with Gasteiger partial charge >= 0.3 is 6.18 Å². The fourth-order valence-corrected chi connectivity index (χ4v) is 5.28. The average Bonchev–Trinajstić information content (AvgIpc) is 3.18. The first-order valence-corrected chi connectivity index (χ1v) is 13.0. The number of aromatic nitrogens is 5. The molecular formula is C25H31F3N6S. The minimum Gasteiger partial charge on any atom is -0.304 e. The van der Waals surface area contributed by atoms with Crippen LogP contribution in [0.1, 0.15) is 54.8 Å². The number of rotatable bonds is 7. The highest BCUT2D eigenvalue weighted by molar-refractivity contribution is 7.99. The van der Waals surface area contributed by atoms with Crippen LogP contribution in [0.3, 0.4) is 0 Å². The van der Waals surface area contributed by atoms with Crippen LogP contribution in [0, 0.1) is 6.92 Å². The molecule has 1 fully saturated rings. The molecule has 0 bridgehead atoms. The Balaban J connectivity index is 1.25. The molecule has 0 aliphatic carbocycles. The normalized spacial score (nSPS) is 17.8. The third kappa shape index (κ3) is 6.82. The summed E-state index contributed by atoms with van der Waals surface area (Å²) < 4.78 is 40.6. The highest BCUT2D eigenvalue weighted by Gasteiger charge is 2.30. The molecule has 0 saturated carbocycles. The lowest BCUT2D eigenvalue weighted by molar-refractivity contribution is -0.137. The number of aryl methyl sites for hydroxylation is 1. The summed E-state index contributed by atoms with van der Waals surface area (Å²) in [5.74, 6) is 1.96.